The molecule has 2 atom stereocenters. The average molecular weight is 278 g/mol. The summed E-state index contributed by atoms with van der Waals surface area (Å²) in [5.74, 6) is 0.651. The fourth-order valence-electron chi connectivity index (χ4n) is 3.79. The molecule has 2 aliphatic heterocycles. The van der Waals surface area contributed by atoms with Gasteiger partial charge in [0.05, 0.1) is 0 Å². The molecule has 1 aromatic carbocycles. The van der Waals surface area contributed by atoms with Crippen LogP contribution in [0.25, 0.3) is 0 Å². The van der Waals surface area contributed by atoms with Crippen LogP contribution in [-0.4, -0.2) is 47.6 Å². The molecular formula is C16H23FN2O. The molecule has 3 rings (SSSR count). The number of rotatable bonds is 2. The van der Waals surface area contributed by atoms with Crippen molar-refractivity contribution in [3.8, 4) is 5.75 Å². The van der Waals surface area contributed by atoms with Gasteiger partial charge in [0.1, 0.15) is 11.6 Å². The van der Waals surface area contributed by atoms with Crippen molar-refractivity contribution in [3.63, 3.8) is 0 Å². The maximum absolute atomic E-state index is 13.3. The van der Waals surface area contributed by atoms with Crippen LogP contribution in [0.4, 0.5) is 4.39 Å². The molecule has 0 spiro atoms. The van der Waals surface area contributed by atoms with Crippen molar-refractivity contribution >= 4 is 0 Å². The zero-order valence-electron chi connectivity index (χ0n) is 12.1. The van der Waals surface area contributed by atoms with Crippen molar-refractivity contribution < 1.29 is 9.50 Å². The smallest absolute Gasteiger partial charge is 0.123 e. The van der Waals surface area contributed by atoms with E-state index in [1.165, 1.54) is 44.0 Å². The van der Waals surface area contributed by atoms with Crippen LogP contribution in [0.3, 0.4) is 0 Å². The molecule has 1 aromatic rings. The highest BCUT2D eigenvalue weighted by molar-refractivity contribution is 5.32. The standard InChI is InChI=1S/C16H23FN2O/c1-18-7-2-3-12-10-19(8-6-15(12)18)11-13-9-14(17)4-5-16(13)20/h4-5,9,12,15,20H,2-3,6-8,10-11H2,1H3. The van der Waals surface area contributed by atoms with E-state index in [4.69, 9.17) is 0 Å². The van der Waals surface area contributed by atoms with Crippen LogP contribution in [0, 0.1) is 11.7 Å². The Balaban J connectivity index is 1.66. The van der Waals surface area contributed by atoms with Crippen molar-refractivity contribution in [2.45, 2.75) is 31.8 Å². The number of aromatic hydroxyl groups is 1. The number of hydrogen-bond acceptors (Lipinski definition) is 3. The molecule has 0 bridgehead atoms. The van der Waals surface area contributed by atoms with Gasteiger partial charge in [-0.25, -0.2) is 4.39 Å². The van der Waals surface area contributed by atoms with E-state index in [0.29, 0.717) is 18.2 Å². The number of nitrogens with zero attached hydrogens (tertiary/aromatic N) is 2. The largest absolute Gasteiger partial charge is 0.508 e. The number of halogens is 1. The molecule has 2 fully saturated rings. The van der Waals surface area contributed by atoms with E-state index in [0.717, 1.165) is 19.0 Å². The van der Waals surface area contributed by atoms with Gasteiger partial charge in [-0.15, -0.1) is 0 Å². The molecular weight excluding hydrogens is 255 g/mol. The highest BCUT2D eigenvalue weighted by Gasteiger charge is 2.34. The molecule has 0 radical (unpaired) electrons. The first-order chi connectivity index (χ1) is 9.63. The first-order valence-corrected chi connectivity index (χ1v) is 7.53. The van der Waals surface area contributed by atoms with E-state index in [1.807, 2.05) is 0 Å². The van der Waals surface area contributed by atoms with Crippen LogP contribution in [-0.2, 0) is 6.54 Å². The molecule has 1 N–H and O–H groups in total. The molecule has 110 valence electrons. The molecule has 0 saturated carbocycles. The molecule has 3 nitrogen and oxygen atoms in total. The normalized spacial score (nSPS) is 28.3. The summed E-state index contributed by atoms with van der Waals surface area (Å²) in [5, 5.41) is 9.84. The van der Waals surface area contributed by atoms with Crippen LogP contribution in [0.5, 0.6) is 5.75 Å². The summed E-state index contributed by atoms with van der Waals surface area (Å²) in [6.07, 6.45) is 3.74. The Morgan fingerprint density at radius 2 is 2.15 bits per heavy atom. The molecule has 20 heavy (non-hydrogen) atoms. The maximum atomic E-state index is 13.3. The predicted molar refractivity (Wildman–Crippen MR) is 77.1 cm³/mol. The zero-order chi connectivity index (χ0) is 14.1. The summed E-state index contributed by atoms with van der Waals surface area (Å²) in [4.78, 5) is 4.85. The highest BCUT2D eigenvalue weighted by atomic mass is 19.1. The fourth-order valence-corrected chi connectivity index (χ4v) is 3.79. The van der Waals surface area contributed by atoms with Gasteiger partial charge in [0, 0.05) is 24.7 Å². The molecule has 4 heteroatoms. The van der Waals surface area contributed by atoms with Crippen LogP contribution in [0.2, 0.25) is 0 Å². The summed E-state index contributed by atoms with van der Waals surface area (Å²) >= 11 is 0. The number of hydrogen-bond donors (Lipinski definition) is 1. The average Bonchev–Trinajstić information content (AvgIpc) is 2.43. The second kappa shape index (κ2) is 5.70. The Labute approximate surface area is 120 Å². The van der Waals surface area contributed by atoms with E-state index in [9.17, 15) is 9.50 Å². The third-order valence-corrected chi connectivity index (χ3v) is 4.87. The van der Waals surface area contributed by atoms with Crippen molar-refractivity contribution in [1.29, 1.82) is 0 Å². The Hall–Kier alpha value is -1.13. The van der Waals surface area contributed by atoms with Gasteiger partial charge in [-0.3, -0.25) is 4.90 Å². The van der Waals surface area contributed by atoms with E-state index < -0.39 is 0 Å². The third kappa shape index (κ3) is 2.81. The van der Waals surface area contributed by atoms with Crippen LogP contribution in [0.1, 0.15) is 24.8 Å². The fraction of sp³-hybridized carbons (Fsp3) is 0.625. The topological polar surface area (TPSA) is 26.7 Å². The monoisotopic (exact) mass is 278 g/mol. The van der Waals surface area contributed by atoms with Gasteiger partial charge in [-0.2, -0.15) is 0 Å². The van der Waals surface area contributed by atoms with Crippen LogP contribution in [0.15, 0.2) is 18.2 Å². The molecule has 2 heterocycles. The lowest BCUT2D eigenvalue weighted by Gasteiger charge is -2.46. The number of benzene rings is 1. The van der Waals surface area contributed by atoms with Gasteiger partial charge in [-0.1, -0.05) is 0 Å². The molecule has 0 amide bonds. The van der Waals surface area contributed by atoms with Gasteiger partial charge < -0.3 is 10.0 Å². The summed E-state index contributed by atoms with van der Waals surface area (Å²) in [7, 11) is 2.23. The highest BCUT2D eigenvalue weighted by Crippen LogP contribution is 2.31. The minimum Gasteiger partial charge on any atom is -0.508 e. The van der Waals surface area contributed by atoms with E-state index in [1.54, 1.807) is 0 Å². The maximum Gasteiger partial charge on any atom is 0.123 e. The summed E-state index contributed by atoms with van der Waals surface area (Å²) in [6, 6.07) is 4.92. The Bertz CT molecular complexity index is 480. The summed E-state index contributed by atoms with van der Waals surface area (Å²) < 4.78 is 13.3. The molecule has 0 aliphatic carbocycles. The lowest BCUT2D eigenvalue weighted by Crippen LogP contribution is -2.52. The van der Waals surface area contributed by atoms with Crippen LogP contribution >= 0.6 is 0 Å². The molecule has 2 saturated heterocycles. The minimum atomic E-state index is -0.273. The zero-order valence-corrected chi connectivity index (χ0v) is 12.1. The first-order valence-electron chi connectivity index (χ1n) is 7.53. The second-order valence-corrected chi connectivity index (χ2v) is 6.25. The Kier molecular flexibility index (Phi) is 3.94. The first kappa shape index (κ1) is 13.8. The molecule has 2 unspecified atom stereocenters. The summed E-state index contributed by atoms with van der Waals surface area (Å²) in [5.41, 5.74) is 0.701. The van der Waals surface area contributed by atoms with Crippen molar-refractivity contribution in [3.05, 3.63) is 29.6 Å². The SMILES string of the molecule is CN1CCCC2CN(Cc3cc(F)ccc3O)CCC21. The van der Waals surface area contributed by atoms with Crippen molar-refractivity contribution in [1.82, 2.24) is 9.80 Å². The summed E-state index contributed by atoms with van der Waals surface area (Å²) in [6.45, 7) is 3.95. The Morgan fingerprint density at radius 1 is 1.30 bits per heavy atom. The molecule has 2 aliphatic rings. The minimum absolute atomic E-state index is 0.203. The van der Waals surface area contributed by atoms with Crippen LogP contribution < -0.4 is 0 Å². The third-order valence-electron chi connectivity index (χ3n) is 4.87. The van der Waals surface area contributed by atoms with Gasteiger partial charge in [0.25, 0.3) is 0 Å². The lowest BCUT2D eigenvalue weighted by atomic mass is 9.84. The van der Waals surface area contributed by atoms with Crippen molar-refractivity contribution in [2.75, 3.05) is 26.7 Å². The number of piperidine rings is 2. The number of phenolic OH excluding ortho intramolecular Hbond substituents is 1. The number of phenols is 1. The number of fused-ring (bicyclic) bond motifs is 1. The van der Waals surface area contributed by atoms with Gasteiger partial charge in [0.2, 0.25) is 0 Å². The van der Waals surface area contributed by atoms with E-state index >= 15 is 0 Å². The molecule has 0 aromatic heterocycles. The van der Waals surface area contributed by atoms with Crippen molar-refractivity contribution in [2.24, 2.45) is 5.92 Å². The predicted octanol–water partition coefficient (Wildman–Crippen LogP) is 2.45. The van der Waals surface area contributed by atoms with Gasteiger partial charge in [0.15, 0.2) is 0 Å². The Morgan fingerprint density at radius 3 is 3.00 bits per heavy atom. The quantitative estimate of drug-likeness (QED) is 0.900. The van der Waals surface area contributed by atoms with E-state index in [-0.39, 0.29) is 11.6 Å². The second-order valence-electron chi connectivity index (χ2n) is 6.25. The van der Waals surface area contributed by atoms with Gasteiger partial charge in [-0.05, 0) is 63.5 Å². The lowest BCUT2D eigenvalue weighted by molar-refractivity contribution is 0.0352. The number of likely N-dealkylation sites (tertiary alicyclic amines) is 2. The van der Waals surface area contributed by atoms with E-state index in [2.05, 4.69) is 16.8 Å². The van der Waals surface area contributed by atoms with Gasteiger partial charge >= 0.3 is 0 Å².